The highest BCUT2D eigenvalue weighted by Gasteiger charge is 2.15. The average molecular weight is 298 g/mol. The number of nitrogens with one attached hydrogen (secondary N) is 2. The van der Waals surface area contributed by atoms with Crippen molar-refractivity contribution >= 4 is 17.8 Å². The summed E-state index contributed by atoms with van der Waals surface area (Å²) in [6, 6.07) is 0.307. The van der Waals surface area contributed by atoms with Crippen LogP contribution >= 0.6 is 0 Å². The molecule has 1 aliphatic carbocycles. The molecule has 6 heteroatoms. The molecule has 1 fully saturated rings. The number of amides is 2. The minimum atomic E-state index is -0.311. The Kier molecular flexibility index (Phi) is 8.47. The predicted octanol–water partition coefficient (Wildman–Crippen LogP) is 1.28. The van der Waals surface area contributed by atoms with Crippen LogP contribution in [-0.4, -0.2) is 37.5 Å². The molecule has 0 aromatic carbocycles. The van der Waals surface area contributed by atoms with Gasteiger partial charge in [0.15, 0.2) is 0 Å². The van der Waals surface area contributed by atoms with E-state index in [0.717, 1.165) is 12.8 Å². The largest absolute Gasteiger partial charge is 0.469 e. The first-order valence-corrected chi connectivity index (χ1v) is 7.74. The maximum absolute atomic E-state index is 11.7. The van der Waals surface area contributed by atoms with Crippen molar-refractivity contribution in [2.75, 3.05) is 13.7 Å². The van der Waals surface area contributed by atoms with Crippen LogP contribution in [0.1, 0.15) is 57.8 Å². The van der Waals surface area contributed by atoms with Crippen LogP contribution in [-0.2, 0) is 19.1 Å². The van der Waals surface area contributed by atoms with Crippen molar-refractivity contribution in [1.82, 2.24) is 10.6 Å². The molecule has 120 valence electrons. The number of methoxy groups -OCH3 is 1. The Bertz CT molecular complexity index is 352. The highest BCUT2D eigenvalue weighted by atomic mass is 16.5. The molecule has 2 N–H and O–H groups in total. The second kappa shape index (κ2) is 10.2. The molecule has 1 rings (SSSR count). The first kappa shape index (κ1) is 17.5. The molecule has 2 amide bonds. The molecule has 0 bridgehead atoms. The van der Waals surface area contributed by atoms with E-state index in [0.29, 0.717) is 25.4 Å². The number of carbonyl (C=O) groups is 3. The molecule has 0 heterocycles. The van der Waals surface area contributed by atoms with Crippen molar-refractivity contribution in [2.24, 2.45) is 0 Å². The SMILES string of the molecule is COC(=O)CCCC(=O)NCCC(=O)NC1CCCCC1. The third kappa shape index (κ3) is 8.32. The highest BCUT2D eigenvalue weighted by Crippen LogP contribution is 2.17. The second-order valence-corrected chi connectivity index (χ2v) is 5.43. The minimum absolute atomic E-state index is 0.00300. The molecule has 0 atom stereocenters. The number of hydrogen-bond acceptors (Lipinski definition) is 4. The van der Waals surface area contributed by atoms with E-state index in [1.165, 1.54) is 26.4 Å². The molecule has 0 saturated heterocycles. The lowest BCUT2D eigenvalue weighted by Crippen LogP contribution is -2.38. The van der Waals surface area contributed by atoms with Crippen molar-refractivity contribution in [1.29, 1.82) is 0 Å². The number of rotatable bonds is 8. The standard InChI is InChI=1S/C15H26N2O4/c1-21-15(20)9-5-8-13(18)16-11-10-14(19)17-12-6-3-2-4-7-12/h12H,2-11H2,1H3,(H,16,18)(H,17,19). The molecule has 21 heavy (non-hydrogen) atoms. The molecule has 0 aliphatic heterocycles. The van der Waals surface area contributed by atoms with Gasteiger partial charge in [0.25, 0.3) is 0 Å². The summed E-state index contributed by atoms with van der Waals surface area (Å²) in [5.74, 6) is -0.448. The molecular weight excluding hydrogens is 272 g/mol. The van der Waals surface area contributed by atoms with Crippen molar-refractivity contribution in [3.8, 4) is 0 Å². The second-order valence-electron chi connectivity index (χ2n) is 5.43. The highest BCUT2D eigenvalue weighted by molar-refractivity contribution is 5.79. The number of hydrogen-bond donors (Lipinski definition) is 2. The molecule has 1 saturated carbocycles. The third-order valence-corrected chi connectivity index (χ3v) is 3.66. The topological polar surface area (TPSA) is 84.5 Å². The quantitative estimate of drug-likeness (QED) is 0.661. The Morgan fingerprint density at radius 1 is 1.00 bits per heavy atom. The summed E-state index contributed by atoms with van der Waals surface area (Å²) in [7, 11) is 1.33. The maximum Gasteiger partial charge on any atom is 0.305 e. The van der Waals surface area contributed by atoms with Crippen LogP contribution in [0.4, 0.5) is 0 Å². The molecule has 6 nitrogen and oxygen atoms in total. The lowest BCUT2D eigenvalue weighted by molar-refractivity contribution is -0.140. The first-order chi connectivity index (χ1) is 10.1. The van der Waals surface area contributed by atoms with E-state index in [-0.39, 0.29) is 30.6 Å². The summed E-state index contributed by atoms with van der Waals surface area (Å²) in [5, 5.41) is 5.70. The monoisotopic (exact) mass is 298 g/mol. The first-order valence-electron chi connectivity index (χ1n) is 7.74. The van der Waals surface area contributed by atoms with E-state index in [4.69, 9.17) is 0 Å². The Morgan fingerprint density at radius 2 is 1.71 bits per heavy atom. The van der Waals surface area contributed by atoms with E-state index in [9.17, 15) is 14.4 Å². The van der Waals surface area contributed by atoms with Crippen LogP contribution in [0, 0.1) is 0 Å². The fourth-order valence-corrected chi connectivity index (χ4v) is 2.45. The van der Waals surface area contributed by atoms with Crippen molar-refractivity contribution in [3.05, 3.63) is 0 Å². The van der Waals surface area contributed by atoms with Gasteiger partial charge in [-0.1, -0.05) is 19.3 Å². The van der Waals surface area contributed by atoms with E-state index < -0.39 is 0 Å². The number of carbonyl (C=O) groups excluding carboxylic acids is 3. The van der Waals surface area contributed by atoms with Gasteiger partial charge in [-0.05, 0) is 19.3 Å². The molecule has 0 aromatic rings. The van der Waals surface area contributed by atoms with Gasteiger partial charge in [-0.3, -0.25) is 14.4 Å². The fourth-order valence-electron chi connectivity index (χ4n) is 2.45. The molecule has 0 radical (unpaired) electrons. The van der Waals surface area contributed by atoms with E-state index >= 15 is 0 Å². The van der Waals surface area contributed by atoms with Gasteiger partial charge in [0.05, 0.1) is 7.11 Å². The van der Waals surface area contributed by atoms with Gasteiger partial charge in [-0.25, -0.2) is 0 Å². The Balaban J connectivity index is 2.02. The van der Waals surface area contributed by atoms with Crippen LogP contribution in [0.5, 0.6) is 0 Å². The zero-order valence-corrected chi connectivity index (χ0v) is 12.8. The number of esters is 1. The van der Waals surface area contributed by atoms with Crippen molar-refractivity contribution < 1.29 is 19.1 Å². The van der Waals surface area contributed by atoms with Crippen LogP contribution < -0.4 is 10.6 Å². The maximum atomic E-state index is 11.7. The fraction of sp³-hybridized carbons (Fsp3) is 0.800. The van der Waals surface area contributed by atoms with Crippen molar-refractivity contribution in [2.45, 2.75) is 63.8 Å². The summed E-state index contributed by atoms with van der Waals surface area (Å²) >= 11 is 0. The van der Waals surface area contributed by atoms with Gasteiger partial charge in [-0.15, -0.1) is 0 Å². The van der Waals surface area contributed by atoms with Gasteiger partial charge in [0.2, 0.25) is 11.8 Å². The summed E-state index contributed by atoms with van der Waals surface area (Å²) in [6.07, 6.45) is 7.03. The normalized spacial score (nSPS) is 15.3. The molecule has 0 unspecified atom stereocenters. The van der Waals surface area contributed by atoms with Gasteiger partial charge in [-0.2, -0.15) is 0 Å². The zero-order valence-electron chi connectivity index (χ0n) is 12.8. The molecular formula is C15H26N2O4. The summed E-state index contributed by atoms with van der Waals surface area (Å²) in [5.41, 5.74) is 0. The van der Waals surface area contributed by atoms with Gasteiger partial charge < -0.3 is 15.4 Å². The van der Waals surface area contributed by atoms with E-state index in [1.54, 1.807) is 0 Å². The average Bonchev–Trinajstić information content (AvgIpc) is 2.48. The Morgan fingerprint density at radius 3 is 2.38 bits per heavy atom. The predicted molar refractivity (Wildman–Crippen MR) is 78.5 cm³/mol. The summed E-state index contributed by atoms with van der Waals surface area (Å²) in [6.45, 7) is 0.343. The summed E-state index contributed by atoms with van der Waals surface area (Å²) in [4.78, 5) is 34.1. The third-order valence-electron chi connectivity index (χ3n) is 3.66. The van der Waals surface area contributed by atoms with Crippen LogP contribution in [0.3, 0.4) is 0 Å². The molecule has 0 aromatic heterocycles. The molecule has 0 spiro atoms. The number of ether oxygens (including phenoxy) is 1. The Labute approximate surface area is 126 Å². The molecule has 1 aliphatic rings. The minimum Gasteiger partial charge on any atom is -0.469 e. The van der Waals surface area contributed by atoms with Gasteiger partial charge in [0, 0.05) is 31.8 Å². The van der Waals surface area contributed by atoms with Crippen molar-refractivity contribution in [3.63, 3.8) is 0 Å². The smallest absolute Gasteiger partial charge is 0.305 e. The zero-order chi connectivity index (χ0) is 15.5. The van der Waals surface area contributed by atoms with E-state index in [2.05, 4.69) is 15.4 Å². The lowest BCUT2D eigenvalue weighted by atomic mass is 9.95. The van der Waals surface area contributed by atoms with Gasteiger partial charge >= 0.3 is 5.97 Å². The van der Waals surface area contributed by atoms with Gasteiger partial charge in [0.1, 0.15) is 0 Å². The van der Waals surface area contributed by atoms with Crippen LogP contribution in [0.25, 0.3) is 0 Å². The van der Waals surface area contributed by atoms with Crippen LogP contribution in [0.2, 0.25) is 0 Å². The Hall–Kier alpha value is -1.59. The van der Waals surface area contributed by atoms with E-state index in [1.807, 2.05) is 0 Å². The lowest BCUT2D eigenvalue weighted by Gasteiger charge is -2.22. The van der Waals surface area contributed by atoms with Crippen LogP contribution in [0.15, 0.2) is 0 Å². The summed E-state index contributed by atoms with van der Waals surface area (Å²) < 4.78 is 4.49.